The molecule has 4 heterocycles. The van der Waals surface area contributed by atoms with E-state index in [1.54, 1.807) is 18.3 Å². The van der Waals surface area contributed by atoms with Gasteiger partial charge in [-0.1, -0.05) is 0 Å². The zero-order valence-electron chi connectivity index (χ0n) is 19.6. The molecule has 2 aliphatic rings. The number of nitrogens with one attached hydrogen (secondary N) is 2. The van der Waals surface area contributed by atoms with Crippen LogP contribution < -0.4 is 21.1 Å². The van der Waals surface area contributed by atoms with Gasteiger partial charge in [0.1, 0.15) is 24.2 Å². The Bertz CT molecular complexity index is 1290. The fourth-order valence-corrected chi connectivity index (χ4v) is 4.34. The molecule has 5 rings (SSSR count). The molecule has 0 saturated carbocycles. The summed E-state index contributed by atoms with van der Waals surface area (Å²) in [5.74, 6) is 0.197. The molecule has 1 aromatic carbocycles. The standard InChI is InChI=1S/C24H27FN6O4/c1-13-17(9-29-23-22(13)27-3-5-34-23)16-7-14-8-19(28-10-18(14)21(26)20(16)25)30-24(32)35-15-11-31(2)4-6-33-12-15/h7-10,15,27H,3-6,11-12,26H2,1-2H3,(H,28,30,32)/t15-/m1/s1. The Morgan fingerprint density at radius 3 is 3.00 bits per heavy atom. The van der Waals surface area contributed by atoms with Gasteiger partial charge < -0.3 is 30.2 Å². The monoisotopic (exact) mass is 482 g/mol. The van der Waals surface area contributed by atoms with E-state index in [1.165, 1.54) is 6.20 Å². The summed E-state index contributed by atoms with van der Waals surface area (Å²) in [5, 5.41) is 6.95. The van der Waals surface area contributed by atoms with E-state index in [4.69, 9.17) is 19.9 Å². The van der Waals surface area contributed by atoms with Gasteiger partial charge in [-0.3, -0.25) is 5.32 Å². The molecule has 2 aliphatic heterocycles. The van der Waals surface area contributed by atoms with Crippen LogP contribution in [-0.2, 0) is 9.47 Å². The molecule has 3 aromatic rings. The summed E-state index contributed by atoms with van der Waals surface area (Å²) in [7, 11) is 1.94. The number of amides is 1. The number of ether oxygens (including phenoxy) is 3. The number of pyridine rings is 2. The molecule has 0 aliphatic carbocycles. The topological polar surface area (TPSA) is 124 Å². The van der Waals surface area contributed by atoms with Crippen LogP contribution in [0.15, 0.2) is 24.5 Å². The summed E-state index contributed by atoms with van der Waals surface area (Å²) >= 11 is 0. The number of anilines is 3. The lowest BCUT2D eigenvalue weighted by Gasteiger charge is -2.22. The molecular formula is C24H27FN6O4. The van der Waals surface area contributed by atoms with Crippen LogP contribution in [0.5, 0.6) is 5.88 Å². The van der Waals surface area contributed by atoms with Crippen molar-refractivity contribution >= 4 is 34.1 Å². The van der Waals surface area contributed by atoms with Crippen molar-refractivity contribution in [3.63, 3.8) is 0 Å². The molecule has 0 radical (unpaired) electrons. The second kappa shape index (κ2) is 9.51. The van der Waals surface area contributed by atoms with Crippen LogP contribution in [0.1, 0.15) is 5.56 Å². The van der Waals surface area contributed by atoms with E-state index in [2.05, 4.69) is 20.6 Å². The Morgan fingerprint density at radius 1 is 1.29 bits per heavy atom. The number of nitrogens with zero attached hydrogens (tertiary/aromatic N) is 3. The highest BCUT2D eigenvalue weighted by Gasteiger charge is 2.22. The van der Waals surface area contributed by atoms with Crippen molar-refractivity contribution < 1.29 is 23.4 Å². The summed E-state index contributed by atoms with van der Waals surface area (Å²) in [6.45, 7) is 5.31. The SMILES string of the molecule is Cc1c(-c2cc3cc(NC(=O)O[C@H]4COCCN(C)C4)ncc3c(N)c2F)cnc2c1NCCO2. The first-order valence-electron chi connectivity index (χ1n) is 11.4. The molecular weight excluding hydrogens is 455 g/mol. The van der Waals surface area contributed by atoms with Gasteiger partial charge in [-0.05, 0) is 37.1 Å². The third-order valence-electron chi connectivity index (χ3n) is 6.18. The third kappa shape index (κ3) is 4.64. The van der Waals surface area contributed by atoms with Gasteiger partial charge in [0.05, 0.1) is 18.9 Å². The van der Waals surface area contributed by atoms with Crippen molar-refractivity contribution in [1.29, 1.82) is 0 Å². The molecule has 1 amide bonds. The maximum atomic E-state index is 15.3. The maximum absolute atomic E-state index is 15.3. The number of rotatable bonds is 3. The van der Waals surface area contributed by atoms with Crippen molar-refractivity contribution in [3.8, 4) is 17.0 Å². The van der Waals surface area contributed by atoms with Crippen LogP contribution in [0.4, 0.5) is 26.4 Å². The number of nitrogen functional groups attached to an aromatic ring is 1. The summed E-state index contributed by atoms with van der Waals surface area (Å²) < 4.78 is 31.9. The number of likely N-dealkylation sites (N-methyl/N-ethyl adjacent to an activating group) is 1. The molecule has 35 heavy (non-hydrogen) atoms. The molecule has 4 N–H and O–H groups in total. The Morgan fingerprint density at radius 2 is 2.14 bits per heavy atom. The van der Waals surface area contributed by atoms with Crippen LogP contribution in [0.3, 0.4) is 0 Å². The van der Waals surface area contributed by atoms with E-state index >= 15 is 4.39 Å². The van der Waals surface area contributed by atoms with Crippen LogP contribution in [0, 0.1) is 12.7 Å². The highest BCUT2D eigenvalue weighted by Crippen LogP contribution is 2.39. The second-order valence-corrected chi connectivity index (χ2v) is 8.68. The van der Waals surface area contributed by atoms with Gasteiger partial charge >= 0.3 is 6.09 Å². The largest absolute Gasteiger partial charge is 0.474 e. The Balaban J connectivity index is 1.43. The smallest absolute Gasteiger partial charge is 0.413 e. The van der Waals surface area contributed by atoms with E-state index in [1.807, 2.05) is 18.9 Å². The molecule has 0 unspecified atom stereocenters. The van der Waals surface area contributed by atoms with E-state index in [-0.39, 0.29) is 11.5 Å². The van der Waals surface area contributed by atoms with Crippen LogP contribution in [-0.4, -0.2) is 73.6 Å². The predicted molar refractivity (Wildman–Crippen MR) is 130 cm³/mol. The zero-order chi connectivity index (χ0) is 24.5. The van der Waals surface area contributed by atoms with E-state index < -0.39 is 18.0 Å². The van der Waals surface area contributed by atoms with Crippen molar-refractivity contribution in [2.45, 2.75) is 13.0 Å². The van der Waals surface area contributed by atoms with Crippen molar-refractivity contribution in [2.24, 2.45) is 0 Å². The normalized spacial score (nSPS) is 18.2. The highest BCUT2D eigenvalue weighted by molar-refractivity contribution is 5.99. The number of halogens is 1. The van der Waals surface area contributed by atoms with Gasteiger partial charge in [0.15, 0.2) is 5.82 Å². The Kier molecular flexibility index (Phi) is 6.27. The first kappa shape index (κ1) is 23.1. The predicted octanol–water partition coefficient (Wildman–Crippen LogP) is 3.01. The molecule has 1 atom stereocenters. The Labute approximate surface area is 201 Å². The van der Waals surface area contributed by atoms with Gasteiger partial charge in [-0.15, -0.1) is 0 Å². The Hall–Kier alpha value is -3.70. The number of hydrogen-bond donors (Lipinski definition) is 3. The molecule has 10 nitrogen and oxygen atoms in total. The minimum Gasteiger partial charge on any atom is -0.474 e. The minimum atomic E-state index is -0.642. The zero-order valence-corrected chi connectivity index (χ0v) is 19.6. The van der Waals surface area contributed by atoms with Crippen LogP contribution in [0.25, 0.3) is 21.9 Å². The van der Waals surface area contributed by atoms with E-state index in [0.717, 1.165) is 17.8 Å². The number of aromatic nitrogens is 2. The second-order valence-electron chi connectivity index (χ2n) is 8.68. The van der Waals surface area contributed by atoms with Gasteiger partial charge in [0, 0.05) is 48.5 Å². The summed E-state index contributed by atoms with van der Waals surface area (Å²) in [4.78, 5) is 23.1. The average Bonchev–Trinajstić information content (AvgIpc) is 3.05. The van der Waals surface area contributed by atoms with E-state index in [0.29, 0.717) is 60.7 Å². The minimum absolute atomic E-state index is 0.0286. The number of fused-ring (bicyclic) bond motifs is 2. The van der Waals surface area contributed by atoms with Crippen LogP contribution in [0.2, 0.25) is 0 Å². The fraction of sp³-hybridized carbons (Fsp3) is 0.375. The first-order valence-corrected chi connectivity index (χ1v) is 11.4. The molecule has 1 saturated heterocycles. The number of benzene rings is 1. The summed E-state index contributed by atoms with van der Waals surface area (Å²) in [5.41, 5.74) is 8.55. The lowest BCUT2D eigenvalue weighted by atomic mass is 9.97. The molecule has 184 valence electrons. The maximum Gasteiger partial charge on any atom is 0.413 e. The fourth-order valence-electron chi connectivity index (χ4n) is 4.34. The molecule has 0 bridgehead atoms. The van der Waals surface area contributed by atoms with Crippen molar-refractivity contribution in [1.82, 2.24) is 14.9 Å². The van der Waals surface area contributed by atoms with Gasteiger partial charge in [0.2, 0.25) is 5.88 Å². The highest BCUT2D eigenvalue weighted by atomic mass is 19.1. The number of hydrogen-bond acceptors (Lipinski definition) is 9. The van der Waals surface area contributed by atoms with Gasteiger partial charge in [-0.2, -0.15) is 0 Å². The first-order chi connectivity index (χ1) is 16.9. The van der Waals surface area contributed by atoms with Gasteiger partial charge in [-0.25, -0.2) is 19.2 Å². The summed E-state index contributed by atoms with van der Waals surface area (Å²) in [6, 6.07) is 3.31. The number of carbonyl (C=O) groups is 1. The lowest BCUT2D eigenvalue weighted by molar-refractivity contribution is 0.0413. The van der Waals surface area contributed by atoms with Gasteiger partial charge in [0.25, 0.3) is 0 Å². The molecule has 2 aromatic heterocycles. The molecule has 0 spiro atoms. The lowest BCUT2D eigenvalue weighted by Crippen LogP contribution is -2.34. The average molecular weight is 483 g/mol. The van der Waals surface area contributed by atoms with Crippen molar-refractivity contribution in [2.75, 3.05) is 62.9 Å². The molecule has 1 fully saturated rings. The van der Waals surface area contributed by atoms with Crippen molar-refractivity contribution in [3.05, 3.63) is 35.9 Å². The molecule has 11 heteroatoms. The quantitative estimate of drug-likeness (QED) is 0.483. The third-order valence-corrected chi connectivity index (χ3v) is 6.18. The number of carbonyl (C=O) groups excluding carboxylic acids is 1. The number of nitrogens with two attached hydrogens (primary N) is 1. The van der Waals surface area contributed by atoms with E-state index in [9.17, 15) is 4.79 Å². The summed E-state index contributed by atoms with van der Waals surface area (Å²) in [6.07, 6.45) is 1.98. The van der Waals surface area contributed by atoms with Crippen LogP contribution >= 0.6 is 0 Å².